The fourth-order valence-electron chi connectivity index (χ4n) is 2.09. The van der Waals surface area contributed by atoms with Crippen LogP contribution in [0.4, 0.5) is 5.69 Å². The summed E-state index contributed by atoms with van der Waals surface area (Å²) in [5.41, 5.74) is 9.88. The zero-order chi connectivity index (χ0) is 13.8. The molecule has 0 radical (unpaired) electrons. The van der Waals surface area contributed by atoms with E-state index in [1.165, 1.54) is 11.1 Å². The lowest BCUT2D eigenvalue weighted by molar-refractivity contribution is 0.920. The molecular formula is C16H19N3. The van der Waals surface area contributed by atoms with Crippen LogP contribution in [0.1, 0.15) is 16.7 Å². The van der Waals surface area contributed by atoms with Gasteiger partial charge in [0.05, 0.1) is 0 Å². The minimum absolute atomic E-state index is 0.103. The molecule has 2 rings (SSSR count). The molecule has 0 heterocycles. The Morgan fingerprint density at radius 1 is 1.11 bits per heavy atom. The van der Waals surface area contributed by atoms with Gasteiger partial charge < -0.3 is 10.6 Å². The van der Waals surface area contributed by atoms with Crippen LogP contribution in [0.25, 0.3) is 0 Å². The van der Waals surface area contributed by atoms with E-state index < -0.39 is 0 Å². The summed E-state index contributed by atoms with van der Waals surface area (Å²) in [5.74, 6) is 0.103. The topological polar surface area (TPSA) is 53.1 Å². The third-order valence-electron chi connectivity index (χ3n) is 3.15. The Morgan fingerprint density at radius 3 is 2.37 bits per heavy atom. The second-order valence-corrected chi connectivity index (χ2v) is 4.77. The van der Waals surface area contributed by atoms with E-state index in [1.54, 1.807) is 0 Å². The summed E-state index contributed by atoms with van der Waals surface area (Å²) in [7, 11) is 2.02. The van der Waals surface area contributed by atoms with Crippen molar-refractivity contribution < 1.29 is 0 Å². The van der Waals surface area contributed by atoms with E-state index in [2.05, 4.69) is 36.1 Å². The largest absolute Gasteiger partial charge is 0.384 e. The van der Waals surface area contributed by atoms with Gasteiger partial charge in [0.2, 0.25) is 0 Å². The average Bonchev–Trinajstić information content (AvgIpc) is 2.41. The van der Waals surface area contributed by atoms with E-state index in [4.69, 9.17) is 11.1 Å². The number of benzene rings is 2. The summed E-state index contributed by atoms with van der Waals surface area (Å²) in [6.45, 7) is 2.88. The highest BCUT2D eigenvalue weighted by molar-refractivity contribution is 6.00. The number of rotatable bonds is 4. The van der Waals surface area contributed by atoms with E-state index in [1.807, 2.05) is 31.3 Å². The maximum Gasteiger partial charge on any atom is 0.124 e. The first-order valence-corrected chi connectivity index (χ1v) is 6.28. The molecule has 0 aromatic heterocycles. The van der Waals surface area contributed by atoms with Crippen molar-refractivity contribution in [3.05, 3.63) is 65.2 Å². The first-order valence-electron chi connectivity index (χ1n) is 6.28. The van der Waals surface area contributed by atoms with Crippen molar-refractivity contribution in [3.63, 3.8) is 0 Å². The Hall–Kier alpha value is -2.29. The van der Waals surface area contributed by atoms with Crippen LogP contribution >= 0.6 is 0 Å². The van der Waals surface area contributed by atoms with E-state index in [9.17, 15) is 0 Å². The number of anilines is 1. The Bertz CT molecular complexity index is 573. The van der Waals surface area contributed by atoms with Gasteiger partial charge in [0.1, 0.15) is 5.84 Å². The fraction of sp³-hybridized carbons (Fsp3) is 0.188. The van der Waals surface area contributed by atoms with Gasteiger partial charge in [-0.15, -0.1) is 0 Å². The van der Waals surface area contributed by atoms with Gasteiger partial charge in [-0.1, -0.05) is 42.0 Å². The third-order valence-corrected chi connectivity index (χ3v) is 3.15. The number of nitrogens with two attached hydrogens (primary N) is 1. The molecular weight excluding hydrogens is 234 g/mol. The lowest BCUT2D eigenvalue weighted by atomic mass is 10.1. The van der Waals surface area contributed by atoms with Gasteiger partial charge in [0.15, 0.2) is 0 Å². The maximum atomic E-state index is 7.63. The van der Waals surface area contributed by atoms with Gasteiger partial charge in [-0.3, -0.25) is 5.41 Å². The highest BCUT2D eigenvalue weighted by Gasteiger charge is 2.09. The van der Waals surface area contributed by atoms with Gasteiger partial charge in [-0.2, -0.15) is 0 Å². The van der Waals surface area contributed by atoms with Crippen LogP contribution in [-0.4, -0.2) is 12.9 Å². The molecule has 0 bridgehead atoms. The number of nitrogen functional groups attached to an aromatic ring is 1. The van der Waals surface area contributed by atoms with Crippen molar-refractivity contribution in [2.45, 2.75) is 13.5 Å². The van der Waals surface area contributed by atoms with E-state index in [0.29, 0.717) is 0 Å². The smallest absolute Gasteiger partial charge is 0.124 e. The predicted octanol–water partition coefficient (Wildman–Crippen LogP) is 2.92. The Kier molecular flexibility index (Phi) is 3.85. The van der Waals surface area contributed by atoms with Crippen molar-refractivity contribution >= 4 is 11.5 Å². The van der Waals surface area contributed by atoms with Crippen molar-refractivity contribution in [1.29, 1.82) is 5.41 Å². The molecule has 0 unspecified atom stereocenters. The maximum absolute atomic E-state index is 7.63. The van der Waals surface area contributed by atoms with Crippen LogP contribution in [0, 0.1) is 12.3 Å². The lowest BCUT2D eigenvalue weighted by Gasteiger charge is -2.22. The number of nitrogens with one attached hydrogen (secondary N) is 1. The zero-order valence-corrected chi connectivity index (χ0v) is 11.4. The molecule has 0 fully saturated rings. The quantitative estimate of drug-likeness (QED) is 0.650. The molecule has 3 nitrogen and oxygen atoms in total. The highest BCUT2D eigenvalue weighted by atomic mass is 15.1. The summed E-state index contributed by atoms with van der Waals surface area (Å²) in [6.07, 6.45) is 0. The normalized spacial score (nSPS) is 10.2. The molecule has 0 spiro atoms. The molecule has 98 valence electrons. The van der Waals surface area contributed by atoms with Crippen LogP contribution in [0.3, 0.4) is 0 Å². The number of amidine groups is 1. The number of hydrogen-bond acceptors (Lipinski definition) is 2. The minimum atomic E-state index is 0.103. The zero-order valence-electron chi connectivity index (χ0n) is 11.4. The van der Waals surface area contributed by atoms with Crippen LogP contribution < -0.4 is 10.6 Å². The van der Waals surface area contributed by atoms with Crippen molar-refractivity contribution in [2.75, 3.05) is 11.9 Å². The van der Waals surface area contributed by atoms with E-state index in [-0.39, 0.29) is 5.84 Å². The van der Waals surface area contributed by atoms with Gasteiger partial charge in [0, 0.05) is 24.8 Å². The third kappa shape index (κ3) is 3.13. The second kappa shape index (κ2) is 5.57. The summed E-state index contributed by atoms with van der Waals surface area (Å²) in [5, 5.41) is 7.63. The molecule has 0 amide bonds. The molecule has 0 atom stereocenters. The summed E-state index contributed by atoms with van der Waals surface area (Å²) in [6, 6.07) is 16.2. The number of para-hydroxylation sites is 1. The van der Waals surface area contributed by atoms with Crippen LogP contribution in [0.5, 0.6) is 0 Å². The van der Waals surface area contributed by atoms with Crippen LogP contribution in [0.2, 0.25) is 0 Å². The van der Waals surface area contributed by atoms with Gasteiger partial charge in [-0.25, -0.2) is 0 Å². The Labute approximate surface area is 114 Å². The Balaban J connectivity index is 2.22. The molecule has 0 aliphatic rings. The van der Waals surface area contributed by atoms with Crippen LogP contribution in [-0.2, 0) is 6.54 Å². The van der Waals surface area contributed by atoms with Gasteiger partial charge in [-0.05, 0) is 24.6 Å². The number of aryl methyl sites for hydroxylation is 1. The lowest BCUT2D eigenvalue weighted by Crippen LogP contribution is -2.21. The highest BCUT2D eigenvalue weighted by Crippen LogP contribution is 2.20. The van der Waals surface area contributed by atoms with Crippen LogP contribution in [0.15, 0.2) is 48.5 Å². The van der Waals surface area contributed by atoms with Crippen molar-refractivity contribution in [1.82, 2.24) is 0 Å². The van der Waals surface area contributed by atoms with E-state index >= 15 is 0 Å². The molecule has 3 heteroatoms. The van der Waals surface area contributed by atoms with Crippen molar-refractivity contribution in [2.24, 2.45) is 5.73 Å². The SMILES string of the molecule is Cc1ccc(CN(C)c2ccccc2C(=N)N)cc1. The molecule has 0 saturated carbocycles. The van der Waals surface area contributed by atoms with Crippen molar-refractivity contribution in [3.8, 4) is 0 Å². The molecule has 2 aromatic rings. The van der Waals surface area contributed by atoms with Gasteiger partial charge in [0.25, 0.3) is 0 Å². The molecule has 0 aliphatic carbocycles. The molecule has 2 aromatic carbocycles. The summed E-state index contributed by atoms with van der Waals surface area (Å²) in [4.78, 5) is 2.11. The molecule has 0 aliphatic heterocycles. The molecule has 3 N–H and O–H groups in total. The first kappa shape index (κ1) is 13.1. The van der Waals surface area contributed by atoms with Gasteiger partial charge >= 0.3 is 0 Å². The number of nitrogens with zero attached hydrogens (tertiary/aromatic N) is 1. The predicted molar refractivity (Wildman–Crippen MR) is 80.7 cm³/mol. The average molecular weight is 253 g/mol. The second-order valence-electron chi connectivity index (χ2n) is 4.77. The minimum Gasteiger partial charge on any atom is -0.384 e. The summed E-state index contributed by atoms with van der Waals surface area (Å²) < 4.78 is 0. The Morgan fingerprint density at radius 2 is 1.74 bits per heavy atom. The molecule has 0 saturated heterocycles. The molecule has 19 heavy (non-hydrogen) atoms. The number of hydrogen-bond donors (Lipinski definition) is 2. The first-order chi connectivity index (χ1) is 9.08. The standard InChI is InChI=1S/C16H19N3/c1-12-7-9-13(10-8-12)11-19(2)15-6-4-3-5-14(15)16(17)18/h3-10H,11H2,1-2H3,(H3,17,18). The fourth-order valence-corrected chi connectivity index (χ4v) is 2.09. The summed E-state index contributed by atoms with van der Waals surface area (Å²) >= 11 is 0. The monoisotopic (exact) mass is 253 g/mol. The van der Waals surface area contributed by atoms with E-state index in [0.717, 1.165) is 17.8 Å².